The van der Waals surface area contributed by atoms with Crippen molar-refractivity contribution in [3.05, 3.63) is 54.1 Å². The van der Waals surface area contributed by atoms with Gasteiger partial charge in [-0.15, -0.1) is 0 Å². The number of hydrogen-bond donors (Lipinski definition) is 1. The molecule has 0 unspecified atom stereocenters. The Morgan fingerprint density at radius 1 is 0.857 bits per heavy atom. The summed E-state index contributed by atoms with van der Waals surface area (Å²) < 4.78 is 15.7. The van der Waals surface area contributed by atoms with Gasteiger partial charge in [0.05, 0.1) is 6.61 Å². The van der Waals surface area contributed by atoms with Crippen LogP contribution in [0, 0.1) is 0 Å². The van der Waals surface area contributed by atoms with Crippen molar-refractivity contribution in [1.29, 1.82) is 0 Å². The van der Waals surface area contributed by atoms with Gasteiger partial charge in [0.1, 0.15) is 11.5 Å². The SMILES string of the molecule is CCOc1ccc(NC(=O)COC(=O)COc2ccc(C(C)(C)C)cc2)cc1. The zero-order chi connectivity index (χ0) is 20.6. The third-order valence-electron chi connectivity index (χ3n) is 3.89. The number of esters is 1. The minimum absolute atomic E-state index is 0.0498. The van der Waals surface area contributed by atoms with Crippen molar-refractivity contribution in [3.63, 3.8) is 0 Å². The third-order valence-corrected chi connectivity index (χ3v) is 3.89. The molecular formula is C22H27NO5. The molecule has 0 radical (unpaired) electrons. The molecule has 1 N–H and O–H groups in total. The molecule has 6 heteroatoms. The van der Waals surface area contributed by atoms with Gasteiger partial charge in [-0.05, 0) is 54.3 Å². The fourth-order valence-electron chi connectivity index (χ4n) is 2.38. The van der Waals surface area contributed by atoms with Gasteiger partial charge < -0.3 is 19.5 Å². The Bertz CT molecular complexity index is 776. The number of benzene rings is 2. The summed E-state index contributed by atoms with van der Waals surface area (Å²) in [6.07, 6.45) is 0. The van der Waals surface area contributed by atoms with Crippen molar-refractivity contribution in [2.24, 2.45) is 0 Å². The zero-order valence-electron chi connectivity index (χ0n) is 16.8. The van der Waals surface area contributed by atoms with Crippen LogP contribution in [0.2, 0.25) is 0 Å². The molecule has 0 aliphatic rings. The van der Waals surface area contributed by atoms with Crippen molar-refractivity contribution in [2.45, 2.75) is 33.1 Å². The highest BCUT2D eigenvalue weighted by atomic mass is 16.6. The lowest BCUT2D eigenvalue weighted by Gasteiger charge is -2.19. The van der Waals surface area contributed by atoms with Gasteiger partial charge in [0.2, 0.25) is 0 Å². The predicted molar refractivity (Wildman–Crippen MR) is 108 cm³/mol. The van der Waals surface area contributed by atoms with Gasteiger partial charge in [0.25, 0.3) is 5.91 Å². The smallest absolute Gasteiger partial charge is 0.344 e. The van der Waals surface area contributed by atoms with Crippen molar-refractivity contribution < 1.29 is 23.8 Å². The molecule has 0 atom stereocenters. The van der Waals surface area contributed by atoms with Gasteiger partial charge in [-0.25, -0.2) is 4.79 Å². The van der Waals surface area contributed by atoms with Crippen molar-refractivity contribution in [3.8, 4) is 11.5 Å². The molecule has 0 bridgehead atoms. The average molecular weight is 385 g/mol. The van der Waals surface area contributed by atoms with Crippen LogP contribution in [0.15, 0.2) is 48.5 Å². The molecule has 2 rings (SSSR count). The number of carbonyl (C=O) groups excluding carboxylic acids is 2. The van der Waals surface area contributed by atoms with E-state index in [0.29, 0.717) is 18.0 Å². The van der Waals surface area contributed by atoms with Crippen LogP contribution in [0.1, 0.15) is 33.3 Å². The fourth-order valence-corrected chi connectivity index (χ4v) is 2.38. The van der Waals surface area contributed by atoms with Crippen molar-refractivity contribution in [1.82, 2.24) is 0 Å². The van der Waals surface area contributed by atoms with E-state index in [0.717, 1.165) is 5.75 Å². The molecule has 0 aliphatic heterocycles. The Balaban J connectivity index is 1.72. The standard InChI is InChI=1S/C22H27NO5/c1-5-26-18-12-8-17(9-13-18)23-20(24)14-28-21(25)15-27-19-10-6-16(7-11-19)22(2,3)4/h6-13H,5,14-15H2,1-4H3,(H,23,24). The van der Waals surface area contributed by atoms with E-state index in [1.807, 2.05) is 31.2 Å². The van der Waals surface area contributed by atoms with Crippen LogP contribution in [-0.2, 0) is 19.7 Å². The lowest BCUT2D eigenvalue weighted by Crippen LogP contribution is -2.23. The first kappa shape index (κ1) is 21.3. The summed E-state index contributed by atoms with van der Waals surface area (Å²) >= 11 is 0. The van der Waals surface area contributed by atoms with Gasteiger partial charge in [-0.1, -0.05) is 32.9 Å². The second-order valence-electron chi connectivity index (χ2n) is 7.23. The van der Waals surface area contributed by atoms with Crippen molar-refractivity contribution >= 4 is 17.6 Å². The lowest BCUT2D eigenvalue weighted by atomic mass is 9.87. The van der Waals surface area contributed by atoms with E-state index in [4.69, 9.17) is 14.2 Å². The van der Waals surface area contributed by atoms with E-state index >= 15 is 0 Å². The maximum Gasteiger partial charge on any atom is 0.344 e. The number of amides is 1. The van der Waals surface area contributed by atoms with Crippen LogP contribution in [0.4, 0.5) is 5.69 Å². The maximum absolute atomic E-state index is 11.9. The number of carbonyl (C=O) groups is 2. The monoisotopic (exact) mass is 385 g/mol. The molecule has 2 aromatic carbocycles. The van der Waals surface area contributed by atoms with E-state index in [2.05, 4.69) is 26.1 Å². The zero-order valence-corrected chi connectivity index (χ0v) is 16.8. The largest absolute Gasteiger partial charge is 0.494 e. The molecule has 0 heterocycles. The molecule has 0 aromatic heterocycles. The Labute approximate surface area is 165 Å². The molecule has 0 spiro atoms. The number of nitrogens with one attached hydrogen (secondary N) is 1. The summed E-state index contributed by atoms with van der Waals surface area (Å²) in [6, 6.07) is 14.5. The molecule has 2 aromatic rings. The van der Waals surface area contributed by atoms with E-state index in [-0.39, 0.29) is 18.6 Å². The quantitative estimate of drug-likeness (QED) is 0.697. The van der Waals surface area contributed by atoms with Crippen molar-refractivity contribution in [2.75, 3.05) is 25.1 Å². The summed E-state index contributed by atoms with van der Waals surface area (Å²) in [5, 5.41) is 2.65. The van der Waals surface area contributed by atoms with Gasteiger partial charge in [-0.2, -0.15) is 0 Å². The summed E-state index contributed by atoms with van der Waals surface area (Å²) in [5.74, 6) is 0.261. The van der Waals surface area contributed by atoms with Crippen LogP contribution in [0.25, 0.3) is 0 Å². The summed E-state index contributed by atoms with van der Waals surface area (Å²) in [6.45, 7) is 8.21. The normalized spacial score (nSPS) is 10.9. The first-order valence-electron chi connectivity index (χ1n) is 9.19. The van der Waals surface area contributed by atoms with Crippen LogP contribution in [0.5, 0.6) is 11.5 Å². The molecule has 0 saturated heterocycles. The molecule has 28 heavy (non-hydrogen) atoms. The first-order chi connectivity index (χ1) is 13.3. The molecule has 0 aliphatic carbocycles. The fraction of sp³-hybridized carbons (Fsp3) is 0.364. The van der Waals surface area contributed by atoms with Crippen LogP contribution in [-0.4, -0.2) is 31.7 Å². The van der Waals surface area contributed by atoms with E-state index in [1.54, 1.807) is 24.3 Å². The molecule has 0 saturated carbocycles. The maximum atomic E-state index is 11.9. The Kier molecular flexibility index (Phi) is 7.44. The minimum atomic E-state index is -0.609. The molecule has 1 amide bonds. The topological polar surface area (TPSA) is 73.9 Å². The third kappa shape index (κ3) is 6.95. The molecule has 0 fully saturated rings. The van der Waals surface area contributed by atoms with Gasteiger partial charge in [-0.3, -0.25) is 4.79 Å². The highest BCUT2D eigenvalue weighted by Crippen LogP contribution is 2.24. The molecule has 6 nitrogen and oxygen atoms in total. The van der Waals surface area contributed by atoms with E-state index in [9.17, 15) is 9.59 Å². The lowest BCUT2D eigenvalue weighted by molar-refractivity contribution is -0.149. The summed E-state index contributed by atoms with van der Waals surface area (Å²) in [7, 11) is 0. The number of rotatable bonds is 8. The molecule has 150 valence electrons. The minimum Gasteiger partial charge on any atom is -0.494 e. The Hall–Kier alpha value is -3.02. The summed E-state index contributed by atoms with van der Waals surface area (Å²) in [5.41, 5.74) is 1.82. The first-order valence-corrected chi connectivity index (χ1v) is 9.19. The van der Waals surface area contributed by atoms with Crippen LogP contribution >= 0.6 is 0 Å². The second kappa shape index (κ2) is 9.78. The second-order valence-corrected chi connectivity index (χ2v) is 7.23. The Morgan fingerprint density at radius 2 is 1.43 bits per heavy atom. The highest BCUT2D eigenvalue weighted by Gasteiger charge is 2.13. The number of ether oxygens (including phenoxy) is 3. The summed E-state index contributed by atoms with van der Waals surface area (Å²) in [4.78, 5) is 23.6. The van der Waals surface area contributed by atoms with E-state index < -0.39 is 11.9 Å². The predicted octanol–water partition coefficient (Wildman–Crippen LogP) is 3.94. The van der Waals surface area contributed by atoms with Gasteiger partial charge >= 0.3 is 5.97 Å². The van der Waals surface area contributed by atoms with Crippen LogP contribution in [0.3, 0.4) is 0 Å². The van der Waals surface area contributed by atoms with Crippen LogP contribution < -0.4 is 14.8 Å². The Morgan fingerprint density at radius 3 is 2.00 bits per heavy atom. The highest BCUT2D eigenvalue weighted by molar-refractivity contribution is 5.92. The molecular weight excluding hydrogens is 358 g/mol. The van der Waals surface area contributed by atoms with Gasteiger partial charge in [0, 0.05) is 5.69 Å². The number of hydrogen-bond acceptors (Lipinski definition) is 5. The average Bonchev–Trinajstić information content (AvgIpc) is 2.66. The number of anilines is 1. The van der Waals surface area contributed by atoms with E-state index in [1.165, 1.54) is 5.56 Å². The van der Waals surface area contributed by atoms with Gasteiger partial charge in [0.15, 0.2) is 13.2 Å².